The fourth-order valence-corrected chi connectivity index (χ4v) is 2.71. The zero-order chi connectivity index (χ0) is 19.2. The Hall–Kier alpha value is -2.51. The molecule has 0 bridgehead atoms. The van der Waals surface area contributed by atoms with Crippen LogP contribution in [-0.4, -0.2) is 72.4 Å². The number of hydrogen-bond acceptors (Lipinski definition) is 4. The van der Waals surface area contributed by atoms with Crippen molar-refractivity contribution in [2.45, 2.75) is 33.2 Å². The summed E-state index contributed by atoms with van der Waals surface area (Å²) < 4.78 is 5.18. The summed E-state index contributed by atoms with van der Waals surface area (Å²) in [5.41, 5.74) is -0.275. The van der Waals surface area contributed by atoms with E-state index in [9.17, 15) is 9.59 Å². The molecule has 1 aromatic rings. The molecule has 2 amide bonds. The van der Waals surface area contributed by atoms with E-state index in [1.54, 1.807) is 17.0 Å². The smallest absolute Gasteiger partial charge is 0.289 e. The molecule has 1 aromatic heterocycles. The van der Waals surface area contributed by atoms with E-state index in [2.05, 4.69) is 20.5 Å². The first kappa shape index (κ1) is 19.8. The zero-order valence-corrected chi connectivity index (χ0v) is 16.0. The summed E-state index contributed by atoms with van der Waals surface area (Å²) in [6.07, 6.45) is 1.50. The molecule has 0 radical (unpaired) electrons. The molecule has 2 N–H and O–H groups in total. The molecule has 8 nitrogen and oxygen atoms in total. The van der Waals surface area contributed by atoms with Gasteiger partial charge in [-0.2, -0.15) is 0 Å². The quantitative estimate of drug-likeness (QED) is 0.613. The van der Waals surface area contributed by atoms with E-state index < -0.39 is 0 Å². The largest absolute Gasteiger partial charge is 0.459 e. The van der Waals surface area contributed by atoms with Crippen molar-refractivity contribution in [3.63, 3.8) is 0 Å². The maximum Gasteiger partial charge on any atom is 0.289 e. The van der Waals surface area contributed by atoms with E-state index in [-0.39, 0.29) is 23.9 Å². The van der Waals surface area contributed by atoms with Gasteiger partial charge in [0, 0.05) is 38.3 Å². The predicted molar refractivity (Wildman–Crippen MR) is 100 cm³/mol. The summed E-state index contributed by atoms with van der Waals surface area (Å²) in [7, 11) is 0. The van der Waals surface area contributed by atoms with Crippen molar-refractivity contribution in [1.82, 2.24) is 20.4 Å². The molecule has 0 atom stereocenters. The molecule has 26 heavy (non-hydrogen) atoms. The van der Waals surface area contributed by atoms with E-state index in [0.29, 0.717) is 44.4 Å². The fourth-order valence-electron chi connectivity index (χ4n) is 2.71. The molecule has 2 rings (SSSR count). The predicted octanol–water partition coefficient (Wildman–Crippen LogP) is 0.918. The minimum Gasteiger partial charge on any atom is -0.459 e. The summed E-state index contributed by atoms with van der Waals surface area (Å²) in [5, 5.41) is 6.12. The molecule has 1 aliphatic rings. The number of carbonyl (C=O) groups excluding carboxylic acids is 2. The summed E-state index contributed by atoms with van der Waals surface area (Å²) in [4.78, 5) is 32.6. The van der Waals surface area contributed by atoms with Crippen molar-refractivity contribution >= 4 is 17.8 Å². The second kappa shape index (κ2) is 8.73. The number of nitrogens with zero attached hydrogens (tertiary/aromatic N) is 3. The lowest BCUT2D eigenvalue weighted by atomic mass is 10.1. The molecule has 1 aliphatic heterocycles. The minimum atomic E-state index is -0.275. The van der Waals surface area contributed by atoms with Crippen molar-refractivity contribution < 1.29 is 14.0 Å². The van der Waals surface area contributed by atoms with Crippen molar-refractivity contribution in [2.75, 3.05) is 39.3 Å². The third-order valence-electron chi connectivity index (χ3n) is 3.82. The lowest BCUT2D eigenvalue weighted by molar-refractivity contribution is -0.121. The first-order valence-corrected chi connectivity index (χ1v) is 8.97. The zero-order valence-electron chi connectivity index (χ0n) is 16.0. The van der Waals surface area contributed by atoms with E-state index >= 15 is 0 Å². The number of rotatable bonds is 4. The molecular formula is C18H29N5O3. The molecule has 0 unspecified atom stereocenters. The van der Waals surface area contributed by atoms with Crippen LogP contribution in [0.2, 0.25) is 0 Å². The maximum absolute atomic E-state index is 12.3. The van der Waals surface area contributed by atoms with E-state index in [1.807, 2.05) is 27.7 Å². The Morgan fingerprint density at radius 3 is 2.38 bits per heavy atom. The second-order valence-electron chi connectivity index (χ2n) is 7.22. The lowest BCUT2D eigenvalue weighted by Gasteiger charge is -2.36. The molecule has 2 heterocycles. The number of piperazine rings is 1. The van der Waals surface area contributed by atoms with Crippen molar-refractivity contribution in [3.8, 4) is 0 Å². The number of nitrogens with one attached hydrogen (secondary N) is 2. The van der Waals surface area contributed by atoms with Gasteiger partial charge in [-0.25, -0.2) is 4.99 Å². The van der Waals surface area contributed by atoms with Crippen LogP contribution in [0.25, 0.3) is 0 Å². The third-order valence-corrected chi connectivity index (χ3v) is 3.82. The molecule has 1 fully saturated rings. The molecule has 8 heteroatoms. The third kappa shape index (κ3) is 5.79. The van der Waals surface area contributed by atoms with Gasteiger partial charge in [-0.3, -0.25) is 9.59 Å². The Labute approximate surface area is 154 Å². The first-order chi connectivity index (χ1) is 12.3. The average Bonchev–Trinajstić information content (AvgIpc) is 3.11. The first-order valence-electron chi connectivity index (χ1n) is 8.97. The van der Waals surface area contributed by atoms with Crippen molar-refractivity contribution in [2.24, 2.45) is 4.99 Å². The highest BCUT2D eigenvalue weighted by molar-refractivity contribution is 5.91. The summed E-state index contributed by atoms with van der Waals surface area (Å²) >= 11 is 0. The normalized spacial score (nSPS) is 15.8. The number of amides is 2. The Bertz CT molecular complexity index is 626. The van der Waals surface area contributed by atoms with Gasteiger partial charge in [-0.05, 0) is 39.8 Å². The number of guanidine groups is 1. The average molecular weight is 363 g/mol. The Morgan fingerprint density at radius 2 is 1.85 bits per heavy atom. The highest BCUT2D eigenvalue weighted by Crippen LogP contribution is 2.09. The van der Waals surface area contributed by atoms with Crippen LogP contribution in [0.1, 0.15) is 38.2 Å². The van der Waals surface area contributed by atoms with Crippen LogP contribution in [0.5, 0.6) is 0 Å². The monoisotopic (exact) mass is 363 g/mol. The molecule has 0 spiro atoms. The second-order valence-corrected chi connectivity index (χ2v) is 7.22. The molecule has 144 valence electrons. The Kier molecular flexibility index (Phi) is 6.65. The van der Waals surface area contributed by atoms with E-state index in [1.165, 1.54) is 6.26 Å². The Balaban J connectivity index is 1.91. The van der Waals surface area contributed by atoms with Gasteiger partial charge < -0.3 is 24.9 Å². The summed E-state index contributed by atoms with van der Waals surface area (Å²) in [6.45, 7) is 11.1. The van der Waals surface area contributed by atoms with Gasteiger partial charge in [0.05, 0.1) is 6.26 Å². The standard InChI is InChI=1S/C18H29N5O3/c1-5-19-17(20-13-15(24)21-18(2,3)4)23-10-8-22(9-11-23)16(25)14-7-6-12-26-14/h6-7,12H,5,8-11,13H2,1-4H3,(H,19,20)(H,21,24). The SMILES string of the molecule is CCNC(=NCC(=O)NC(C)(C)C)N1CCN(C(=O)c2ccco2)CC1. The molecule has 0 aromatic carbocycles. The van der Waals surface area contributed by atoms with Gasteiger partial charge in [-0.15, -0.1) is 0 Å². The van der Waals surface area contributed by atoms with Crippen LogP contribution >= 0.6 is 0 Å². The maximum atomic E-state index is 12.3. The van der Waals surface area contributed by atoms with Crippen molar-refractivity contribution in [3.05, 3.63) is 24.2 Å². The molecule has 0 aliphatic carbocycles. The van der Waals surface area contributed by atoms with Gasteiger partial charge in [0.2, 0.25) is 5.91 Å². The highest BCUT2D eigenvalue weighted by Gasteiger charge is 2.25. The van der Waals surface area contributed by atoms with Crippen LogP contribution < -0.4 is 10.6 Å². The highest BCUT2D eigenvalue weighted by atomic mass is 16.3. The lowest BCUT2D eigenvalue weighted by Crippen LogP contribution is -2.54. The molecule has 1 saturated heterocycles. The summed E-state index contributed by atoms with van der Waals surface area (Å²) in [5.74, 6) is 0.847. The van der Waals surface area contributed by atoms with Crippen LogP contribution in [-0.2, 0) is 4.79 Å². The number of carbonyl (C=O) groups is 2. The van der Waals surface area contributed by atoms with E-state index in [0.717, 1.165) is 0 Å². The number of furan rings is 1. The van der Waals surface area contributed by atoms with Gasteiger partial charge >= 0.3 is 0 Å². The molecule has 0 saturated carbocycles. The molecular weight excluding hydrogens is 334 g/mol. The van der Waals surface area contributed by atoms with Gasteiger partial charge in [-0.1, -0.05) is 0 Å². The number of aliphatic imine (C=N–C) groups is 1. The Morgan fingerprint density at radius 1 is 1.19 bits per heavy atom. The topological polar surface area (TPSA) is 90.2 Å². The van der Waals surface area contributed by atoms with Crippen LogP contribution in [0.15, 0.2) is 27.8 Å². The fraction of sp³-hybridized carbons (Fsp3) is 0.611. The van der Waals surface area contributed by atoms with Crippen LogP contribution in [0.3, 0.4) is 0 Å². The van der Waals surface area contributed by atoms with Gasteiger partial charge in [0.15, 0.2) is 11.7 Å². The van der Waals surface area contributed by atoms with E-state index in [4.69, 9.17) is 4.42 Å². The van der Waals surface area contributed by atoms with Crippen molar-refractivity contribution in [1.29, 1.82) is 0 Å². The van der Waals surface area contributed by atoms with Gasteiger partial charge in [0.1, 0.15) is 6.54 Å². The summed E-state index contributed by atoms with van der Waals surface area (Å²) in [6, 6.07) is 3.39. The van der Waals surface area contributed by atoms with Crippen LogP contribution in [0.4, 0.5) is 0 Å². The van der Waals surface area contributed by atoms with Gasteiger partial charge in [0.25, 0.3) is 5.91 Å². The number of hydrogen-bond donors (Lipinski definition) is 2. The minimum absolute atomic E-state index is 0.0745. The van der Waals surface area contributed by atoms with Crippen LogP contribution in [0, 0.1) is 0 Å².